The molecule has 78 valence electrons. The van der Waals surface area contributed by atoms with Crippen molar-refractivity contribution in [2.75, 3.05) is 0 Å². The third kappa shape index (κ3) is 1.89. The van der Waals surface area contributed by atoms with E-state index >= 15 is 0 Å². The summed E-state index contributed by atoms with van der Waals surface area (Å²) in [6, 6.07) is 3.90. The van der Waals surface area contributed by atoms with Crippen LogP contribution in [0.2, 0.25) is 0 Å². The van der Waals surface area contributed by atoms with Gasteiger partial charge in [0.05, 0.1) is 12.3 Å². The van der Waals surface area contributed by atoms with Gasteiger partial charge in [0.15, 0.2) is 0 Å². The molecule has 0 radical (unpaired) electrons. The van der Waals surface area contributed by atoms with Crippen molar-refractivity contribution < 1.29 is 5.11 Å². The summed E-state index contributed by atoms with van der Waals surface area (Å²) in [5.41, 5.74) is 3.66. The van der Waals surface area contributed by atoms with Crippen LogP contribution in [-0.2, 0) is 13.7 Å². The Morgan fingerprint density at radius 2 is 2.27 bits per heavy atom. The van der Waals surface area contributed by atoms with E-state index in [4.69, 9.17) is 0 Å². The summed E-state index contributed by atoms with van der Waals surface area (Å²) in [6.45, 7) is 1.90. The summed E-state index contributed by atoms with van der Waals surface area (Å²) < 4.78 is 1.71. The standard InChI is InChI=1S/C11H13N3O/c1-8-5-9(3-4-12-8)10-6-14(2)13-11(10)7-15/h3-6,15H,7H2,1-2H3. The number of hydrogen-bond acceptors (Lipinski definition) is 3. The summed E-state index contributed by atoms with van der Waals surface area (Å²) in [5, 5.41) is 13.4. The Labute approximate surface area is 88.2 Å². The number of rotatable bonds is 2. The van der Waals surface area contributed by atoms with E-state index in [-0.39, 0.29) is 6.61 Å². The number of nitrogens with zero attached hydrogens (tertiary/aromatic N) is 3. The van der Waals surface area contributed by atoms with E-state index in [0.29, 0.717) is 5.69 Å². The second kappa shape index (κ2) is 3.82. The van der Waals surface area contributed by atoms with Crippen LogP contribution in [0, 0.1) is 6.92 Å². The summed E-state index contributed by atoms with van der Waals surface area (Å²) in [6.07, 6.45) is 3.67. The molecule has 0 atom stereocenters. The molecule has 2 rings (SSSR count). The molecule has 0 aliphatic carbocycles. The first-order valence-corrected chi connectivity index (χ1v) is 4.77. The monoisotopic (exact) mass is 203 g/mol. The first-order chi connectivity index (χ1) is 7.20. The van der Waals surface area contributed by atoms with Crippen LogP contribution < -0.4 is 0 Å². The van der Waals surface area contributed by atoms with Gasteiger partial charge in [0.1, 0.15) is 0 Å². The predicted octanol–water partition coefficient (Wildman–Crippen LogP) is 1.28. The highest BCUT2D eigenvalue weighted by Gasteiger charge is 2.08. The molecule has 0 fully saturated rings. The van der Waals surface area contributed by atoms with Gasteiger partial charge in [-0.25, -0.2) is 0 Å². The van der Waals surface area contributed by atoms with Crippen molar-refractivity contribution in [3.05, 3.63) is 35.9 Å². The molecule has 2 aromatic heterocycles. The summed E-state index contributed by atoms with van der Waals surface area (Å²) in [5.74, 6) is 0. The molecule has 0 aliphatic heterocycles. The Morgan fingerprint density at radius 1 is 1.47 bits per heavy atom. The van der Waals surface area contributed by atoms with E-state index in [1.807, 2.05) is 32.3 Å². The third-order valence-electron chi connectivity index (χ3n) is 2.26. The molecule has 0 unspecified atom stereocenters. The highest BCUT2D eigenvalue weighted by atomic mass is 16.3. The largest absolute Gasteiger partial charge is 0.390 e. The van der Waals surface area contributed by atoms with Crippen molar-refractivity contribution in [2.24, 2.45) is 7.05 Å². The van der Waals surface area contributed by atoms with Gasteiger partial charge in [0.2, 0.25) is 0 Å². The molecule has 1 N–H and O–H groups in total. The van der Waals surface area contributed by atoms with Crippen molar-refractivity contribution in [3.63, 3.8) is 0 Å². The zero-order valence-corrected chi connectivity index (χ0v) is 8.81. The topological polar surface area (TPSA) is 50.9 Å². The molecule has 0 spiro atoms. The van der Waals surface area contributed by atoms with Gasteiger partial charge in [-0.05, 0) is 24.6 Å². The summed E-state index contributed by atoms with van der Waals surface area (Å²) in [7, 11) is 1.84. The van der Waals surface area contributed by atoms with Crippen LogP contribution in [0.15, 0.2) is 24.5 Å². The second-order valence-electron chi connectivity index (χ2n) is 3.51. The van der Waals surface area contributed by atoms with E-state index < -0.39 is 0 Å². The molecule has 0 aliphatic rings. The second-order valence-corrected chi connectivity index (χ2v) is 3.51. The number of aryl methyl sites for hydroxylation is 2. The van der Waals surface area contributed by atoms with E-state index in [2.05, 4.69) is 10.1 Å². The SMILES string of the molecule is Cc1cc(-c2cn(C)nc2CO)ccn1. The molecule has 0 aromatic carbocycles. The van der Waals surface area contributed by atoms with Gasteiger partial charge >= 0.3 is 0 Å². The fourth-order valence-corrected chi connectivity index (χ4v) is 1.61. The lowest BCUT2D eigenvalue weighted by Crippen LogP contribution is -1.91. The lowest BCUT2D eigenvalue weighted by atomic mass is 10.1. The molecule has 0 saturated carbocycles. The molecule has 15 heavy (non-hydrogen) atoms. The summed E-state index contributed by atoms with van der Waals surface area (Å²) in [4.78, 5) is 4.14. The van der Waals surface area contributed by atoms with E-state index in [1.165, 1.54) is 0 Å². The fourth-order valence-electron chi connectivity index (χ4n) is 1.61. The molecule has 2 aromatic rings. The van der Waals surface area contributed by atoms with Crippen molar-refractivity contribution in [3.8, 4) is 11.1 Å². The molecule has 0 bridgehead atoms. The normalized spacial score (nSPS) is 10.6. The quantitative estimate of drug-likeness (QED) is 0.800. The minimum absolute atomic E-state index is 0.0441. The van der Waals surface area contributed by atoms with Gasteiger partial charge < -0.3 is 5.11 Å². The lowest BCUT2D eigenvalue weighted by Gasteiger charge is -2.00. The predicted molar refractivity (Wildman–Crippen MR) is 57.1 cm³/mol. The zero-order chi connectivity index (χ0) is 10.8. The van der Waals surface area contributed by atoms with E-state index in [1.54, 1.807) is 10.9 Å². The maximum Gasteiger partial charge on any atom is 0.0957 e. The number of aromatic nitrogens is 3. The van der Waals surface area contributed by atoms with Crippen LogP contribution >= 0.6 is 0 Å². The van der Waals surface area contributed by atoms with Crippen LogP contribution in [0.25, 0.3) is 11.1 Å². The van der Waals surface area contributed by atoms with Gasteiger partial charge in [0, 0.05) is 30.7 Å². The molecular weight excluding hydrogens is 190 g/mol. The molecular formula is C11H13N3O. The van der Waals surface area contributed by atoms with Crippen LogP contribution in [0.3, 0.4) is 0 Å². The lowest BCUT2D eigenvalue weighted by molar-refractivity contribution is 0.276. The minimum Gasteiger partial charge on any atom is -0.390 e. The van der Waals surface area contributed by atoms with Gasteiger partial charge in [-0.3, -0.25) is 9.67 Å². The van der Waals surface area contributed by atoms with E-state index in [0.717, 1.165) is 16.8 Å². The smallest absolute Gasteiger partial charge is 0.0957 e. The Hall–Kier alpha value is -1.68. The molecule has 4 nitrogen and oxygen atoms in total. The maximum absolute atomic E-state index is 9.17. The van der Waals surface area contributed by atoms with Gasteiger partial charge in [-0.15, -0.1) is 0 Å². The fraction of sp³-hybridized carbons (Fsp3) is 0.273. The Balaban J connectivity index is 2.53. The van der Waals surface area contributed by atoms with Crippen molar-refractivity contribution in [2.45, 2.75) is 13.5 Å². The molecule has 2 heterocycles. The Kier molecular flexibility index (Phi) is 2.51. The van der Waals surface area contributed by atoms with E-state index in [9.17, 15) is 5.11 Å². The van der Waals surface area contributed by atoms with Crippen LogP contribution in [0.1, 0.15) is 11.4 Å². The molecule has 0 amide bonds. The number of hydrogen-bond donors (Lipinski definition) is 1. The molecule has 0 saturated heterocycles. The third-order valence-corrected chi connectivity index (χ3v) is 2.26. The highest BCUT2D eigenvalue weighted by molar-refractivity contribution is 5.65. The zero-order valence-electron chi connectivity index (χ0n) is 8.81. The average Bonchev–Trinajstić information content (AvgIpc) is 2.59. The highest BCUT2D eigenvalue weighted by Crippen LogP contribution is 2.22. The maximum atomic E-state index is 9.17. The van der Waals surface area contributed by atoms with Crippen LogP contribution in [-0.4, -0.2) is 19.9 Å². The number of pyridine rings is 1. The molecule has 4 heteroatoms. The summed E-state index contributed by atoms with van der Waals surface area (Å²) >= 11 is 0. The minimum atomic E-state index is -0.0441. The van der Waals surface area contributed by atoms with Crippen molar-refractivity contribution in [1.82, 2.24) is 14.8 Å². The van der Waals surface area contributed by atoms with Gasteiger partial charge in [-0.2, -0.15) is 5.10 Å². The Morgan fingerprint density at radius 3 is 2.93 bits per heavy atom. The average molecular weight is 203 g/mol. The van der Waals surface area contributed by atoms with Crippen molar-refractivity contribution in [1.29, 1.82) is 0 Å². The van der Waals surface area contributed by atoms with Crippen LogP contribution in [0.4, 0.5) is 0 Å². The van der Waals surface area contributed by atoms with Gasteiger partial charge in [-0.1, -0.05) is 0 Å². The van der Waals surface area contributed by atoms with Crippen LogP contribution in [0.5, 0.6) is 0 Å². The first-order valence-electron chi connectivity index (χ1n) is 4.77. The van der Waals surface area contributed by atoms with Gasteiger partial charge in [0.25, 0.3) is 0 Å². The first kappa shape index (κ1) is 9.86. The Bertz CT molecular complexity index is 476. The number of aliphatic hydroxyl groups excluding tert-OH is 1. The van der Waals surface area contributed by atoms with Crippen molar-refractivity contribution >= 4 is 0 Å². The number of aliphatic hydroxyl groups is 1.